The third-order valence-electron chi connectivity index (χ3n) is 5.19. The molecular weight excluding hydrogens is 348 g/mol. The normalized spacial score (nSPS) is 18.8. The standard InChI is InChI=1S/C18H22N6O3/c1-27-10-9-23-15(25)11-24(18(23)26)13-4-7-22(8-5-13)17-14-3-2-6-19-16(14)20-12-21-17/h2-3,6,12-13H,4-5,7-11H2,1H3. The van der Waals surface area contributed by atoms with Gasteiger partial charge < -0.3 is 14.5 Å². The summed E-state index contributed by atoms with van der Waals surface area (Å²) in [6.07, 6.45) is 4.84. The molecule has 2 aromatic heterocycles. The molecule has 0 spiro atoms. The molecule has 0 saturated carbocycles. The van der Waals surface area contributed by atoms with Crippen LogP contribution in [0.25, 0.3) is 11.0 Å². The number of nitrogens with zero attached hydrogens (tertiary/aromatic N) is 6. The van der Waals surface area contributed by atoms with Crippen LogP contribution < -0.4 is 4.90 Å². The quantitative estimate of drug-likeness (QED) is 0.722. The van der Waals surface area contributed by atoms with Crippen LogP contribution in [-0.2, 0) is 9.53 Å². The third-order valence-corrected chi connectivity index (χ3v) is 5.19. The van der Waals surface area contributed by atoms with Gasteiger partial charge in [-0.15, -0.1) is 0 Å². The minimum Gasteiger partial charge on any atom is -0.383 e. The SMILES string of the molecule is COCCN1C(=O)CN(C2CCN(c3ncnc4ncccc34)CC2)C1=O. The largest absolute Gasteiger partial charge is 0.383 e. The summed E-state index contributed by atoms with van der Waals surface area (Å²) in [5.41, 5.74) is 0.679. The number of carbonyl (C=O) groups excluding carboxylic acids is 2. The summed E-state index contributed by atoms with van der Waals surface area (Å²) in [5, 5.41) is 0.927. The van der Waals surface area contributed by atoms with Crippen molar-refractivity contribution in [2.75, 3.05) is 44.8 Å². The zero-order valence-corrected chi connectivity index (χ0v) is 15.2. The van der Waals surface area contributed by atoms with Gasteiger partial charge in [0.05, 0.1) is 18.5 Å². The molecule has 2 aliphatic heterocycles. The number of rotatable bonds is 5. The highest BCUT2D eigenvalue weighted by molar-refractivity contribution is 6.02. The molecule has 2 saturated heterocycles. The maximum Gasteiger partial charge on any atom is 0.327 e. The van der Waals surface area contributed by atoms with Gasteiger partial charge in [0.15, 0.2) is 5.65 Å². The second-order valence-corrected chi connectivity index (χ2v) is 6.74. The summed E-state index contributed by atoms with van der Waals surface area (Å²) in [6.45, 7) is 2.36. The monoisotopic (exact) mass is 370 g/mol. The molecule has 2 aromatic rings. The van der Waals surface area contributed by atoms with E-state index in [4.69, 9.17) is 4.74 Å². The second kappa shape index (κ2) is 7.43. The van der Waals surface area contributed by atoms with E-state index < -0.39 is 0 Å². The Hall–Kier alpha value is -2.81. The summed E-state index contributed by atoms with van der Waals surface area (Å²) in [5.74, 6) is 0.726. The molecule has 0 bridgehead atoms. The van der Waals surface area contributed by atoms with Crippen LogP contribution in [0, 0.1) is 0 Å². The van der Waals surface area contributed by atoms with Crippen molar-refractivity contribution in [1.82, 2.24) is 24.8 Å². The van der Waals surface area contributed by atoms with E-state index in [1.807, 2.05) is 12.1 Å². The van der Waals surface area contributed by atoms with Gasteiger partial charge >= 0.3 is 6.03 Å². The van der Waals surface area contributed by atoms with E-state index in [1.165, 1.54) is 11.2 Å². The number of pyridine rings is 1. The van der Waals surface area contributed by atoms with Crippen molar-refractivity contribution < 1.29 is 14.3 Å². The van der Waals surface area contributed by atoms with Crippen molar-refractivity contribution in [3.8, 4) is 0 Å². The number of aromatic nitrogens is 3. The smallest absolute Gasteiger partial charge is 0.327 e. The lowest BCUT2D eigenvalue weighted by atomic mass is 10.0. The van der Waals surface area contributed by atoms with Gasteiger partial charge in [0.1, 0.15) is 18.7 Å². The molecule has 0 N–H and O–H groups in total. The van der Waals surface area contributed by atoms with E-state index in [0.717, 1.165) is 37.1 Å². The Morgan fingerprint density at radius 2 is 2.00 bits per heavy atom. The van der Waals surface area contributed by atoms with Gasteiger partial charge in [-0.05, 0) is 25.0 Å². The molecule has 27 heavy (non-hydrogen) atoms. The molecule has 4 heterocycles. The first-order valence-electron chi connectivity index (χ1n) is 9.09. The fourth-order valence-corrected chi connectivity index (χ4v) is 3.77. The minimum absolute atomic E-state index is 0.0662. The van der Waals surface area contributed by atoms with Crippen LogP contribution in [0.1, 0.15) is 12.8 Å². The Bertz CT molecular complexity index is 847. The van der Waals surface area contributed by atoms with E-state index in [0.29, 0.717) is 18.8 Å². The Kier molecular flexibility index (Phi) is 4.85. The van der Waals surface area contributed by atoms with E-state index in [1.54, 1.807) is 18.2 Å². The molecule has 0 radical (unpaired) electrons. The minimum atomic E-state index is -0.202. The zero-order valence-electron chi connectivity index (χ0n) is 15.2. The lowest BCUT2D eigenvalue weighted by Crippen LogP contribution is -2.47. The van der Waals surface area contributed by atoms with Crippen LogP contribution in [0.15, 0.2) is 24.7 Å². The molecule has 0 aromatic carbocycles. The highest BCUT2D eigenvalue weighted by Crippen LogP contribution is 2.27. The number of anilines is 1. The summed E-state index contributed by atoms with van der Waals surface area (Å²) >= 11 is 0. The number of hydrogen-bond donors (Lipinski definition) is 0. The predicted molar refractivity (Wildman–Crippen MR) is 98.3 cm³/mol. The fourth-order valence-electron chi connectivity index (χ4n) is 3.77. The average Bonchev–Trinajstić information content (AvgIpc) is 2.99. The number of hydrogen-bond acceptors (Lipinski definition) is 7. The molecule has 0 atom stereocenters. The average molecular weight is 370 g/mol. The lowest BCUT2D eigenvalue weighted by molar-refractivity contribution is -0.125. The topological polar surface area (TPSA) is 91.8 Å². The summed E-state index contributed by atoms with van der Waals surface area (Å²) in [7, 11) is 1.56. The number of carbonyl (C=O) groups is 2. The van der Waals surface area contributed by atoms with Crippen molar-refractivity contribution >= 4 is 28.8 Å². The Balaban J connectivity index is 1.43. The van der Waals surface area contributed by atoms with Crippen molar-refractivity contribution in [2.24, 2.45) is 0 Å². The number of piperidine rings is 1. The van der Waals surface area contributed by atoms with Crippen LogP contribution in [-0.4, -0.2) is 82.6 Å². The first-order valence-corrected chi connectivity index (χ1v) is 9.09. The lowest BCUT2D eigenvalue weighted by Gasteiger charge is -2.36. The molecular formula is C18H22N6O3. The predicted octanol–water partition coefficient (Wildman–Crippen LogP) is 0.904. The van der Waals surface area contributed by atoms with E-state index in [2.05, 4.69) is 19.9 Å². The zero-order chi connectivity index (χ0) is 18.8. The van der Waals surface area contributed by atoms with Crippen molar-refractivity contribution in [2.45, 2.75) is 18.9 Å². The Labute approximate surface area is 156 Å². The van der Waals surface area contributed by atoms with Gasteiger partial charge in [0, 0.05) is 32.4 Å². The molecule has 9 nitrogen and oxygen atoms in total. The van der Waals surface area contributed by atoms with Crippen LogP contribution in [0.4, 0.5) is 10.6 Å². The first kappa shape index (κ1) is 17.6. The van der Waals surface area contributed by atoms with Crippen molar-refractivity contribution in [3.63, 3.8) is 0 Å². The van der Waals surface area contributed by atoms with E-state index in [9.17, 15) is 9.59 Å². The molecule has 2 fully saturated rings. The summed E-state index contributed by atoms with van der Waals surface area (Å²) < 4.78 is 4.99. The van der Waals surface area contributed by atoms with Gasteiger partial charge in [-0.2, -0.15) is 0 Å². The molecule has 2 aliphatic rings. The van der Waals surface area contributed by atoms with E-state index >= 15 is 0 Å². The fraction of sp³-hybridized carbons (Fsp3) is 0.500. The second-order valence-electron chi connectivity index (χ2n) is 6.74. The van der Waals surface area contributed by atoms with Gasteiger partial charge in [0.2, 0.25) is 5.91 Å². The summed E-state index contributed by atoms with van der Waals surface area (Å²) in [4.78, 5) is 42.9. The molecule has 9 heteroatoms. The number of methoxy groups -OCH3 is 1. The molecule has 142 valence electrons. The number of imide groups is 1. The third kappa shape index (κ3) is 3.30. The molecule has 3 amide bonds. The molecule has 0 aliphatic carbocycles. The number of ether oxygens (including phenoxy) is 1. The summed E-state index contributed by atoms with van der Waals surface area (Å²) in [6, 6.07) is 3.72. The Morgan fingerprint density at radius 1 is 1.19 bits per heavy atom. The van der Waals surface area contributed by atoms with Crippen molar-refractivity contribution in [3.05, 3.63) is 24.7 Å². The van der Waals surface area contributed by atoms with Crippen LogP contribution in [0.5, 0.6) is 0 Å². The highest BCUT2D eigenvalue weighted by atomic mass is 16.5. The highest BCUT2D eigenvalue weighted by Gasteiger charge is 2.40. The maximum atomic E-state index is 12.6. The van der Waals surface area contributed by atoms with Crippen LogP contribution in [0.3, 0.4) is 0 Å². The van der Waals surface area contributed by atoms with E-state index in [-0.39, 0.29) is 24.5 Å². The van der Waals surface area contributed by atoms with Gasteiger partial charge in [0.25, 0.3) is 0 Å². The number of amides is 3. The maximum absolute atomic E-state index is 12.6. The number of urea groups is 1. The van der Waals surface area contributed by atoms with Crippen LogP contribution >= 0.6 is 0 Å². The van der Waals surface area contributed by atoms with Gasteiger partial charge in [-0.3, -0.25) is 9.69 Å². The molecule has 0 unspecified atom stereocenters. The number of fused-ring (bicyclic) bond motifs is 1. The Morgan fingerprint density at radius 3 is 2.78 bits per heavy atom. The first-order chi connectivity index (χ1) is 13.2. The van der Waals surface area contributed by atoms with Gasteiger partial charge in [-0.1, -0.05) is 0 Å². The van der Waals surface area contributed by atoms with Gasteiger partial charge in [-0.25, -0.2) is 19.7 Å². The molecule has 4 rings (SSSR count). The van der Waals surface area contributed by atoms with Crippen molar-refractivity contribution in [1.29, 1.82) is 0 Å². The van der Waals surface area contributed by atoms with Crippen LogP contribution in [0.2, 0.25) is 0 Å².